The van der Waals surface area contributed by atoms with Crippen molar-refractivity contribution >= 4 is 39.2 Å². The molecule has 0 saturated carbocycles. The first-order valence-electron chi connectivity index (χ1n) is 7.14. The molecule has 0 aromatic heterocycles. The lowest BCUT2D eigenvalue weighted by molar-refractivity contribution is -0.119. The molecule has 0 aliphatic rings. The summed E-state index contributed by atoms with van der Waals surface area (Å²) >= 11 is 5.81. The smallest absolute Gasteiger partial charge is 0.342 e. The molecule has 0 aliphatic carbocycles. The highest BCUT2D eigenvalue weighted by atomic mass is 35.5. The van der Waals surface area contributed by atoms with Gasteiger partial charge in [-0.15, -0.1) is 0 Å². The Morgan fingerprint density at radius 3 is 2.54 bits per heavy atom. The van der Waals surface area contributed by atoms with Crippen LogP contribution in [0, 0.1) is 0 Å². The number of sulfonamides is 1. The molecule has 0 atom stereocenters. The van der Waals surface area contributed by atoms with Gasteiger partial charge in [-0.25, -0.2) is 18.4 Å². The Labute approximate surface area is 154 Å². The Hall–Kier alpha value is -2.62. The van der Waals surface area contributed by atoms with E-state index in [0.29, 0.717) is 10.7 Å². The Bertz CT molecular complexity index is 946. The van der Waals surface area contributed by atoms with E-state index < -0.39 is 28.5 Å². The van der Waals surface area contributed by atoms with Crippen LogP contribution in [0.2, 0.25) is 5.02 Å². The molecule has 3 N–H and O–H groups in total. The third kappa shape index (κ3) is 5.19. The van der Waals surface area contributed by atoms with E-state index in [0.717, 1.165) is 6.07 Å². The average Bonchev–Trinajstić information content (AvgIpc) is 2.58. The number of primary sulfonamides is 1. The minimum atomic E-state index is -4.01. The molecule has 2 aromatic carbocycles. The van der Waals surface area contributed by atoms with E-state index in [1.807, 2.05) is 0 Å². The van der Waals surface area contributed by atoms with E-state index in [1.165, 1.54) is 25.3 Å². The van der Waals surface area contributed by atoms with Crippen molar-refractivity contribution in [1.29, 1.82) is 0 Å². The van der Waals surface area contributed by atoms with Crippen LogP contribution in [0.3, 0.4) is 0 Å². The second kappa shape index (κ2) is 8.17. The first-order chi connectivity index (χ1) is 12.2. The van der Waals surface area contributed by atoms with Crippen molar-refractivity contribution in [2.75, 3.05) is 19.0 Å². The molecule has 2 rings (SSSR count). The zero-order valence-corrected chi connectivity index (χ0v) is 15.1. The zero-order valence-electron chi connectivity index (χ0n) is 13.6. The quantitative estimate of drug-likeness (QED) is 0.714. The molecular weight excluding hydrogens is 384 g/mol. The highest BCUT2D eigenvalue weighted by Crippen LogP contribution is 2.23. The molecule has 1 amide bonds. The zero-order chi connectivity index (χ0) is 19.3. The number of ether oxygens (including phenoxy) is 2. The molecule has 8 nitrogen and oxygen atoms in total. The van der Waals surface area contributed by atoms with E-state index >= 15 is 0 Å². The average molecular weight is 399 g/mol. The summed E-state index contributed by atoms with van der Waals surface area (Å²) in [7, 11) is -2.71. The van der Waals surface area contributed by atoms with Gasteiger partial charge in [0, 0.05) is 10.7 Å². The molecule has 0 bridgehead atoms. The molecule has 138 valence electrons. The summed E-state index contributed by atoms with van der Waals surface area (Å²) in [4.78, 5) is 23.8. The van der Waals surface area contributed by atoms with Crippen molar-refractivity contribution < 1.29 is 27.5 Å². The fourth-order valence-corrected chi connectivity index (χ4v) is 2.73. The minimum absolute atomic E-state index is 0.0812. The molecule has 0 unspecified atom stereocenters. The van der Waals surface area contributed by atoms with Gasteiger partial charge in [-0.3, -0.25) is 4.79 Å². The maximum Gasteiger partial charge on any atom is 0.342 e. The Morgan fingerprint density at radius 1 is 1.19 bits per heavy atom. The predicted molar refractivity (Wildman–Crippen MR) is 94.7 cm³/mol. The normalized spacial score (nSPS) is 10.9. The number of carbonyl (C=O) groups excluding carboxylic acids is 2. The van der Waals surface area contributed by atoms with Crippen molar-refractivity contribution in [3.63, 3.8) is 0 Å². The molecule has 10 heteroatoms. The van der Waals surface area contributed by atoms with E-state index in [4.69, 9.17) is 26.2 Å². The van der Waals surface area contributed by atoms with Crippen LogP contribution in [0.5, 0.6) is 5.75 Å². The van der Waals surface area contributed by atoms with Crippen LogP contribution in [0.15, 0.2) is 47.4 Å². The lowest BCUT2D eigenvalue weighted by atomic mass is 10.2. The number of anilines is 1. The van der Waals surface area contributed by atoms with Crippen molar-refractivity contribution in [2.24, 2.45) is 5.14 Å². The van der Waals surface area contributed by atoms with Gasteiger partial charge in [0.15, 0.2) is 6.61 Å². The molecule has 0 radical (unpaired) electrons. The van der Waals surface area contributed by atoms with Crippen LogP contribution in [-0.4, -0.2) is 34.0 Å². The maximum absolute atomic E-state index is 12.2. The lowest BCUT2D eigenvalue weighted by Crippen LogP contribution is -2.21. The number of rotatable bonds is 6. The summed E-state index contributed by atoms with van der Waals surface area (Å²) in [5.41, 5.74) is 0.266. The standard InChI is InChI=1S/C16H15ClN2O6S/c1-24-14-6-5-12(26(18,22)23)8-13(14)16(21)25-9-15(20)19-11-4-2-3-10(17)7-11/h2-8H,9H2,1H3,(H,19,20)(H2,18,22,23). The van der Waals surface area contributed by atoms with Gasteiger partial charge >= 0.3 is 5.97 Å². The first-order valence-corrected chi connectivity index (χ1v) is 9.06. The van der Waals surface area contributed by atoms with Gasteiger partial charge in [0.2, 0.25) is 10.0 Å². The number of methoxy groups -OCH3 is 1. The van der Waals surface area contributed by atoms with Gasteiger partial charge in [-0.2, -0.15) is 0 Å². The summed E-state index contributed by atoms with van der Waals surface area (Å²) < 4.78 is 32.7. The summed E-state index contributed by atoms with van der Waals surface area (Å²) in [6, 6.07) is 9.91. The van der Waals surface area contributed by atoms with E-state index in [1.54, 1.807) is 18.2 Å². The second-order valence-electron chi connectivity index (χ2n) is 5.04. The number of nitrogens with two attached hydrogens (primary N) is 1. The number of hydrogen-bond donors (Lipinski definition) is 2. The minimum Gasteiger partial charge on any atom is -0.496 e. The van der Waals surface area contributed by atoms with Gasteiger partial charge in [0.25, 0.3) is 5.91 Å². The van der Waals surface area contributed by atoms with E-state index in [9.17, 15) is 18.0 Å². The van der Waals surface area contributed by atoms with E-state index in [2.05, 4.69) is 5.32 Å². The number of esters is 1. The van der Waals surface area contributed by atoms with Gasteiger partial charge in [-0.1, -0.05) is 17.7 Å². The summed E-state index contributed by atoms with van der Waals surface area (Å²) in [5.74, 6) is -1.45. The Kier molecular flexibility index (Phi) is 6.19. The monoisotopic (exact) mass is 398 g/mol. The number of nitrogens with one attached hydrogen (secondary N) is 1. The number of benzene rings is 2. The molecule has 0 heterocycles. The molecule has 2 aromatic rings. The molecule has 26 heavy (non-hydrogen) atoms. The Balaban J connectivity index is 2.08. The second-order valence-corrected chi connectivity index (χ2v) is 7.04. The maximum atomic E-state index is 12.2. The van der Waals surface area contributed by atoms with Crippen molar-refractivity contribution in [1.82, 2.24) is 0 Å². The van der Waals surface area contributed by atoms with Crippen LogP contribution in [0.4, 0.5) is 5.69 Å². The number of amides is 1. The van der Waals surface area contributed by atoms with Crippen LogP contribution in [0.25, 0.3) is 0 Å². The number of carbonyl (C=O) groups is 2. The molecule has 0 saturated heterocycles. The van der Waals surface area contributed by atoms with Crippen LogP contribution in [-0.2, 0) is 19.6 Å². The van der Waals surface area contributed by atoms with Crippen LogP contribution < -0.4 is 15.2 Å². The third-order valence-corrected chi connectivity index (χ3v) is 4.31. The van der Waals surface area contributed by atoms with Gasteiger partial charge in [0.1, 0.15) is 11.3 Å². The van der Waals surface area contributed by atoms with Crippen molar-refractivity contribution in [3.8, 4) is 5.75 Å². The van der Waals surface area contributed by atoms with Crippen LogP contribution in [0.1, 0.15) is 10.4 Å². The highest BCUT2D eigenvalue weighted by Gasteiger charge is 2.19. The summed E-state index contributed by atoms with van der Waals surface area (Å²) in [6.45, 7) is -0.589. The largest absolute Gasteiger partial charge is 0.496 e. The summed E-state index contributed by atoms with van der Waals surface area (Å²) in [6.07, 6.45) is 0. The van der Waals surface area contributed by atoms with Crippen LogP contribution >= 0.6 is 11.6 Å². The number of hydrogen-bond acceptors (Lipinski definition) is 6. The van der Waals surface area contributed by atoms with Gasteiger partial charge in [-0.05, 0) is 36.4 Å². The molecule has 0 spiro atoms. The fourth-order valence-electron chi connectivity index (χ4n) is 2.00. The third-order valence-electron chi connectivity index (χ3n) is 3.16. The van der Waals surface area contributed by atoms with Crippen molar-refractivity contribution in [2.45, 2.75) is 4.90 Å². The fraction of sp³-hybridized carbons (Fsp3) is 0.125. The predicted octanol–water partition coefficient (Wildman–Crippen LogP) is 1.79. The van der Waals surface area contributed by atoms with E-state index in [-0.39, 0.29) is 16.2 Å². The summed E-state index contributed by atoms with van der Waals surface area (Å²) in [5, 5.41) is 7.98. The molecular formula is C16H15ClN2O6S. The first kappa shape index (κ1) is 19.7. The topological polar surface area (TPSA) is 125 Å². The molecule has 0 aliphatic heterocycles. The highest BCUT2D eigenvalue weighted by molar-refractivity contribution is 7.89. The lowest BCUT2D eigenvalue weighted by Gasteiger charge is -2.10. The number of halogens is 1. The Morgan fingerprint density at radius 2 is 1.92 bits per heavy atom. The van der Waals surface area contributed by atoms with Gasteiger partial charge in [0.05, 0.1) is 12.0 Å². The van der Waals surface area contributed by atoms with Gasteiger partial charge < -0.3 is 14.8 Å². The SMILES string of the molecule is COc1ccc(S(N)(=O)=O)cc1C(=O)OCC(=O)Nc1cccc(Cl)c1. The van der Waals surface area contributed by atoms with Crippen molar-refractivity contribution in [3.05, 3.63) is 53.1 Å². The molecule has 0 fully saturated rings.